The van der Waals surface area contributed by atoms with Gasteiger partial charge in [0.25, 0.3) is 0 Å². The fraction of sp³-hybridized carbons (Fsp3) is 0.571. The summed E-state index contributed by atoms with van der Waals surface area (Å²) in [5, 5.41) is 12.9. The van der Waals surface area contributed by atoms with Gasteiger partial charge in [-0.2, -0.15) is 0 Å². The molecule has 100 valence electrons. The first-order valence-electron chi connectivity index (χ1n) is 6.31. The van der Waals surface area contributed by atoms with Crippen molar-refractivity contribution in [3.05, 3.63) is 28.2 Å². The Morgan fingerprint density at radius 2 is 2.22 bits per heavy atom. The zero-order chi connectivity index (χ0) is 13.3. The summed E-state index contributed by atoms with van der Waals surface area (Å²) in [6, 6.07) is 6.54. The van der Waals surface area contributed by atoms with Gasteiger partial charge in [-0.1, -0.05) is 6.07 Å². The van der Waals surface area contributed by atoms with E-state index in [2.05, 4.69) is 65.1 Å². The Labute approximate surface area is 117 Å². The molecule has 4 heteroatoms. The molecule has 1 saturated heterocycles. The van der Waals surface area contributed by atoms with E-state index in [9.17, 15) is 5.11 Å². The van der Waals surface area contributed by atoms with Crippen LogP contribution in [0.1, 0.15) is 19.4 Å². The topological polar surface area (TPSA) is 35.5 Å². The first-order valence-corrected chi connectivity index (χ1v) is 7.10. The molecule has 0 aromatic heterocycles. The van der Waals surface area contributed by atoms with Crippen LogP contribution < -0.4 is 10.2 Å². The van der Waals surface area contributed by atoms with E-state index < -0.39 is 0 Å². The lowest BCUT2D eigenvalue weighted by Crippen LogP contribution is -2.63. The standard InChI is InChI=1S/C14H21BrN2O/c1-10-4-5-13(12(15)6-10)17-7-11(8-18)16-14(2,3)9-17/h4-6,11,16,18H,7-9H2,1-3H3. The van der Waals surface area contributed by atoms with Crippen LogP contribution in [-0.2, 0) is 0 Å². The molecule has 1 aliphatic rings. The summed E-state index contributed by atoms with van der Waals surface area (Å²) < 4.78 is 1.12. The molecule has 0 amide bonds. The molecule has 0 saturated carbocycles. The molecule has 2 rings (SSSR count). The molecular formula is C14H21BrN2O. The summed E-state index contributed by atoms with van der Waals surface area (Å²) in [7, 11) is 0. The number of nitrogens with zero attached hydrogens (tertiary/aromatic N) is 1. The third-order valence-corrected chi connectivity index (χ3v) is 3.92. The van der Waals surface area contributed by atoms with E-state index in [0.717, 1.165) is 17.6 Å². The number of benzene rings is 1. The van der Waals surface area contributed by atoms with Crippen molar-refractivity contribution in [2.75, 3.05) is 24.6 Å². The maximum Gasteiger partial charge on any atom is 0.0602 e. The smallest absolute Gasteiger partial charge is 0.0602 e. The number of anilines is 1. The van der Waals surface area contributed by atoms with E-state index in [1.54, 1.807) is 0 Å². The highest BCUT2D eigenvalue weighted by Crippen LogP contribution is 2.30. The molecule has 1 heterocycles. The van der Waals surface area contributed by atoms with Gasteiger partial charge in [0.15, 0.2) is 0 Å². The number of rotatable bonds is 2. The van der Waals surface area contributed by atoms with Crippen LogP contribution >= 0.6 is 15.9 Å². The summed E-state index contributed by atoms with van der Waals surface area (Å²) in [6.45, 7) is 8.37. The number of aliphatic hydroxyl groups is 1. The van der Waals surface area contributed by atoms with E-state index >= 15 is 0 Å². The number of nitrogens with one attached hydrogen (secondary N) is 1. The van der Waals surface area contributed by atoms with Crippen molar-refractivity contribution in [1.82, 2.24) is 5.32 Å². The zero-order valence-electron chi connectivity index (χ0n) is 11.2. The van der Waals surface area contributed by atoms with Gasteiger partial charge in [0, 0.05) is 29.1 Å². The largest absolute Gasteiger partial charge is 0.395 e. The van der Waals surface area contributed by atoms with Gasteiger partial charge < -0.3 is 15.3 Å². The molecule has 1 aromatic rings. The molecule has 18 heavy (non-hydrogen) atoms. The highest BCUT2D eigenvalue weighted by molar-refractivity contribution is 9.10. The van der Waals surface area contributed by atoms with E-state index in [1.807, 2.05) is 0 Å². The van der Waals surface area contributed by atoms with Crippen molar-refractivity contribution in [2.24, 2.45) is 0 Å². The zero-order valence-corrected chi connectivity index (χ0v) is 12.8. The molecular weight excluding hydrogens is 292 g/mol. The number of aryl methyl sites for hydroxylation is 1. The molecule has 1 aromatic carbocycles. The minimum atomic E-state index is 0.00989. The predicted octanol–water partition coefficient (Wildman–Crippen LogP) is 2.31. The molecule has 3 nitrogen and oxygen atoms in total. The summed E-state index contributed by atoms with van der Waals surface area (Å²) in [6.07, 6.45) is 0. The average molecular weight is 313 g/mol. The van der Waals surface area contributed by atoms with Gasteiger partial charge in [0.2, 0.25) is 0 Å². The second kappa shape index (κ2) is 5.19. The Balaban J connectivity index is 2.26. The van der Waals surface area contributed by atoms with E-state index in [4.69, 9.17) is 0 Å². The number of halogens is 1. The Morgan fingerprint density at radius 1 is 1.50 bits per heavy atom. The summed E-state index contributed by atoms with van der Waals surface area (Å²) >= 11 is 3.64. The van der Waals surface area contributed by atoms with Crippen LogP contribution in [0, 0.1) is 6.92 Å². The maximum atomic E-state index is 9.40. The van der Waals surface area contributed by atoms with Crippen molar-refractivity contribution in [1.29, 1.82) is 0 Å². The lowest BCUT2D eigenvalue weighted by molar-refractivity contribution is 0.191. The fourth-order valence-corrected chi connectivity index (χ4v) is 3.35. The quantitative estimate of drug-likeness (QED) is 0.879. The first-order chi connectivity index (χ1) is 8.41. The fourth-order valence-electron chi connectivity index (χ4n) is 2.61. The third kappa shape index (κ3) is 3.05. The van der Waals surface area contributed by atoms with Gasteiger partial charge in [-0.25, -0.2) is 0 Å². The molecule has 0 spiro atoms. The highest BCUT2D eigenvalue weighted by atomic mass is 79.9. The van der Waals surface area contributed by atoms with Crippen molar-refractivity contribution in [3.63, 3.8) is 0 Å². The molecule has 1 fully saturated rings. The van der Waals surface area contributed by atoms with Crippen LogP contribution in [0.5, 0.6) is 0 Å². The van der Waals surface area contributed by atoms with Crippen molar-refractivity contribution in [3.8, 4) is 0 Å². The molecule has 2 N–H and O–H groups in total. The Bertz CT molecular complexity index is 434. The summed E-state index contributed by atoms with van der Waals surface area (Å²) in [4.78, 5) is 2.33. The highest BCUT2D eigenvalue weighted by Gasteiger charge is 2.32. The Morgan fingerprint density at radius 3 is 2.83 bits per heavy atom. The van der Waals surface area contributed by atoms with Crippen molar-refractivity contribution < 1.29 is 5.11 Å². The lowest BCUT2D eigenvalue weighted by atomic mass is 9.98. The SMILES string of the molecule is Cc1ccc(N2CC(CO)NC(C)(C)C2)c(Br)c1. The molecule has 1 atom stereocenters. The molecule has 0 bridgehead atoms. The van der Waals surface area contributed by atoms with Gasteiger partial charge in [-0.15, -0.1) is 0 Å². The van der Waals surface area contributed by atoms with Crippen LogP contribution in [0.4, 0.5) is 5.69 Å². The molecule has 1 unspecified atom stereocenters. The van der Waals surface area contributed by atoms with E-state index in [-0.39, 0.29) is 18.2 Å². The Kier molecular flexibility index (Phi) is 3.99. The second-order valence-electron chi connectivity index (χ2n) is 5.74. The minimum Gasteiger partial charge on any atom is -0.395 e. The van der Waals surface area contributed by atoms with Crippen LogP contribution in [0.2, 0.25) is 0 Å². The van der Waals surface area contributed by atoms with Crippen LogP contribution in [0.3, 0.4) is 0 Å². The van der Waals surface area contributed by atoms with Crippen LogP contribution in [0.15, 0.2) is 22.7 Å². The Hall–Kier alpha value is -0.580. The van der Waals surface area contributed by atoms with E-state index in [1.165, 1.54) is 11.3 Å². The van der Waals surface area contributed by atoms with Gasteiger partial charge in [-0.05, 0) is 54.4 Å². The van der Waals surface area contributed by atoms with Crippen LogP contribution in [-0.4, -0.2) is 36.4 Å². The maximum absolute atomic E-state index is 9.40. The molecule has 1 aliphatic heterocycles. The number of piperazine rings is 1. The predicted molar refractivity (Wildman–Crippen MR) is 79.2 cm³/mol. The van der Waals surface area contributed by atoms with Gasteiger partial charge in [0.1, 0.15) is 0 Å². The third-order valence-electron chi connectivity index (χ3n) is 3.29. The van der Waals surface area contributed by atoms with Crippen molar-refractivity contribution >= 4 is 21.6 Å². The second-order valence-corrected chi connectivity index (χ2v) is 6.60. The normalized spacial score (nSPS) is 23.2. The number of hydrogen-bond donors (Lipinski definition) is 2. The van der Waals surface area contributed by atoms with Gasteiger partial charge in [0.05, 0.1) is 12.3 Å². The van der Waals surface area contributed by atoms with Crippen LogP contribution in [0.25, 0.3) is 0 Å². The lowest BCUT2D eigenvalue weighted by Gasteiger charge is -2.44. The van der Waals surface area contributed by atoms with Crippen molar-refractivity contribution in [2.45, 2.75) is 32.4 Å². The summed E-state index contributed by atoms with van der Waals surface area (Å²) in [5.41, 5.74) is 2.46. The number of hydrogen-bond acceptors (Lipinski definition) is 3. The molecule has 0 radical (unpaired) electrons. The monoisotopic (exact) mass is 312 g/mol. The van der Waals surface area contributed by atoms with E-state index in [0.29, 0.717) is 0 Å². The first kappa shape index (κ1) is 13.8. The molecule has 0 aliphatic carbocycles. The number of aliphatic hydroxyl groups excluding tert-OH is 1. The van der Waals surface area contributed by atoms with Gasteiger partial charge >= 0.3 is 0 Å². The summed E-state index contributed by atoms with van der Waals surface area (Å²) in [5.74, 6) is 0. The average Bonchev–Trinajstić information content (AvgIpc) is 2.26. The van der Waals surface area contributed by atoms with Gasteiger partial charge in [-0.3, -0.25) is 0 Å². The minimum absolute atomic E-state index is 0.00989.